The van der Waals surface area contributed by atoms with Crippen LogP contribution in [-0.2, 0) is 6.42 Å². The lowest BCUT2D eigenvalue weighted by atomic mass is 10.0. The van der Waals surface area contributed by atoms with Crippen LogP contribution in [0.5, 0.6) is 0 Å². The number of hydrogen-bond acceptors (Lipinski definition) is 3. The summed E-state index contributed by atoms with van der Waals surface area (Å²) in [7, 11) is 2.22. The summed E-state index contributed by atoms with van der Waals surface area (Å²) in [5.41, 5.74) is 7.90. The van der Waals surface area contributed by atoms with Gasteiger partial charge in [-0.05, 0) is 37.6 Å². The van der Waals surface area contributed by atoms with Gasteiger partial charge in [0.25, 0.3) is 0 Å². The van der Waals surface area contributed by atoms with Gasteiger partial charge >= 0.3 is 0 Å². The molecular weight excluding hydrogens is 198 g/mol. The van der Waals surface area contributed by atoms with Crippen molar-refractivity contribution in [2.75, 3.05) is 32.4 Å². The summed E-state index contributed by atoms with van der Waals surface area (Å²) in [5, 5.41) is 3.45. The molecule has 0 bridgehead atoms. The number of aryl methyl sites for hydroxylation is 1. The number of anilines is 1. The number of rotatable bonds is 3. The van der Waals surface area contributed by atoms with Crippen molar-refractivity contribution in [1.29, 1.82) is 0 Å². The summed E-state index contributed by atoms with van der Waals surface area (Å²) in [6, 6.07) is 8.90. The van der Waals surface area contributed by atoms with E-state index in [1.807, 2.05) is 12.1 Å². The van der Waals surface area contributed by atoms with E-state index in [2.05, 4.69) is 29.4 Å². The Balaban J connectivity index is 1.84. The summed E-state index contributed by atoms with van der Waals surface area (Å²) >= 11 is 0. The molecule has 0 aromatic heterocycles. The molecule has 3 heteroatoms. The summed E-state index contributed by atoms with van der Waals surface area (Å²) in [6.07, 6.45) is 2.35. The van der Waals surface area contributed by atoms with E-state index < -0.39 is 0 Å². The molecule has 88 valence electrons. The SMILES string of the molecule is CN1CCNCC1CCc1ccc(N)cc1. The van der Waals surface area contributed by atoms with E-state index in [0.29, 0.717) is 6.04 Å². The first kappa shape index (κ1) is 11.4. The van der Waals surface area contributed by atoms with E-state index >= 15 is 0 Å². The van der Waals surface area contributed by atoms with E-state index in [-0.39, 0.29) is 0 Å². The molecule has 1 aliphatic heterocycles. The second-order valence-electron chi connectivity index (χ2n) is 4.62. The first-order valence-corrected chi connectivity index (χ1v) is 6.01. The molecule has 1 heterocycles. The van der Waals surface area contributed by atoms with Gasteiger partial charge in [-0.15, -0.1) is 0 Å². The third kappa shape index (κ3) is 2.97. The molecule has 1 aliphatic rings. The molecule has 1 aromatic carbocycles. The summed E-state index contributed by atoms with van der Waals surface area (Å²) in [4.78, 5) is 2.45. The number of nitrogens with zero attached hydrogens (tertiary/aromatic N) is 1. The molecule has 3 N–H and O–H groups in total. The van der Waals surface area contributed by atoms with Crippen LogP contribution in [0.15, 0.2) is 24.3 Å². The number of piperazine rings is 1. The second-order valence-corrected chi connectivity index (χ2v) is 4.62. The van der Waals surface area contributed by atoms with Gasteiger partial charge in [0.05, 0.1) is 0 Å². The number of benzene rings is 1. The molecule has 0 saturated carbocycles. The fourth-order valence-corrected chi connectivity index (χ4v) is 2.20. The van der Waals surface area contributed by atoms with Crippen LogP contribution in [0.25, 0.3) is 0 Å². The molecule has 1 fully saturated rings. The Labute approximate surface area is 97.6 Å². The zero-order chi connectivity index (χ0) is 11.4. The van der Waals surface area contributed by atoms with Crippen molar-refractivity contribution in [3.05, 3.63) is 29.8 Å². The van der Waals surface area contributed by atoms with Crippen LogP contribution >= 0.6 is 0 Å². The molecular formula is C13H21N3. The smallest absolute Gasteiger partial charge is 0.0314 e. The van der Waals surface area contributed by atoms with Gasteiger partial charge in [0, 0.05) is 31.4 Å². The molecule has 0 amide bonds. The maximum atomic E-state index is 5.67. The Morgan fingerprint density at radius 2 is 2.12 bits per heavy atom. The Bertz CT molecular complexity index is 320. The number of nitrogens with two attached hydrogens (primary N) is 1. The van der Waals surface area contributed by atoms with Crippen molar-refractivity contribution in [2.24, 2.45) is 0 Å². The minimum Gasteiger partial charge on any atom is -0.399 e. The van der Waals surface area contributed by atoms with Crippen molar-refractivity contribution in [1.82, 2.24) is 10.2 Å². The fraction of sp³-hybridized carbons (Fsp3) is 0.538. The molecule has 0 radical (unpaired) electrons. The minimum absolute atomic E-state index is 0.673. The Morgan fingerprint density at radius 3 is 2.81 bits per heavy atom. The third-order valence-electron chi connectivity index (χ3n) is 3.39. The van der Waals surface area contributed by atoms with Crippen LogP contribution in [0, 0.1) is 0 Å². The maximum Gasteiger partial charge on any atom is 0.0314 e. The number of hydrogen-bond donors (Lipinski definition) is 2. The lowest BCUT2D eigenvalue weighted by Crippen LogP contribution is -2.49. The summed E-state index contributed by atoms with van der Waals surface area (Å²) < 4.78 is 0. The van der Waals surface area contributed by atoms with Crippen molar-refractivity contribution >= 4 is 5.69 Å². The molecule has 0 aliphatic carbocycles. The van der Waals surface area contributed by atoms with Crippen LogP contribution in [0.4, 0.5) is 5.69 Å². The van der Waals surface area contributed by atoms with Gasteiger partial charge in [0.1, 0.15) is 0 Å². The fourth-order valence-electron chi connectivity index (χ4n) is 2.20. The highest BCUT2D eigenvalue weighted by atomic mass is 15.2. The topological polar surface area (TPSA) is 41.3 Å². The molecule has 0 spiro atoms. The van der Waals surface area contributed by atoms with Gasteiger partial charge in [0.2, 0.25) is 0 Å². The lowest BCUT2D eigenvalue weighted by molar-refractivity contribution is 0.191. The lowest BCUT2D eigenvalue weighted by Gasteiger charge is -2.33. The predicted molar refractivity (Wildman–Crippen MR) is 68.5 cm³/mol. The highest BCUT2D eigenvalue weighted by Gasteiger charge is 2.17. The van der Waals surface area contributed by atoms with Crippen molar-refractivity contribution < 1.29 is 0 Å². The number of nitrogen functional groups attached to an aromatic ring is 1. The van der Waals surface area contributed by atoms with Gasteiger partial charge in [-0.1, -0.05) is 12.1 Å². The summed E-state index contributed by atoms with van der Waals surface area (Å²) in [5.74, 6) is 0. The maximum absolute atomic E-state index is 5.67. The van der Waals surface area contributed by atoms with Gasteiger partial charge in [-0.2, -0.15) is 0 Å². The Morgan fingerprint density at radius 1 is 1.38 bits per heavy atom. The van der Waals surface area contributed by atoms with Crippen LogP contribution < -0.4 is 11.1 Å². The number of likely N-dealkylation sites (N-methyl/N-ethyl adjacent to an activating group) is 1. The molecule has 2 rings (SSSR count). The van der Waals surface area contributed by atoms with Crippen molar-refractivity contribution in [3.8, 4) is 0 Å². The summed E-state index contributed by atoms with van der Waals surface area (Å²) in [6.45, 7) is 3.40. The van der Waals surface area contributed by atoms with Crippen LogP contribution in [0.1, 0.15) is 12.0 Å². The Hall–Kier alpha value is -1.06. The monoisotopic (exact) mass is 219 g/mol. The van der Waals surface area contributed by atoms with Gasteiger partial charge in [0.15, 0.2) is 0 Å². The normalized spacial score (nSPS) is 22.2. The highest BCUT2D eigenvalue weighted by Crippen LogP contribution is 2.12. The average molecular weight is 219 g/mol. The molecule has 1 unspecified atom stereocenters. The van der Waals surface area contributed by atoms with E-state index in [1.54, 1.807) is 0 Å². The van der Waals surface area contributed by atoms with E-state index in [4.69, 9.17) is 5.73 Å². The van der Waals surface area contributed by atoms with Crippen molar-refractivity contribution in [2.45, 2.75) is 18.9 Å². The van der Waals surface area contributed by atoms with E-state index in [1.165, 1.54) is 12.0 Å². The quantitative estimate of drug-likeness (QED) is 0.748. The van der Waals surface area contributed by atoms with Crippen LogP contribution in [0.3, 0.4) is 0 Å². The van der Waals surface area contributed by atoms with Crippen LogP contribution in [-0.4, -0.2) is 37.6 Å². The van der Waals surface area contributed by atoms with Gasteiger partial charge in [-0.25, -0.2) is 0 Å². The highest BCUT2D eigenvalue weighted by molar-refractivity contribution is 5.39. The minimum atomic E-state index is 0.673. The average Bonchev–Trinajstić information content (AvgIpc) is 2.30. The van der Waals surface area contributed by atoms with Crippen molar-refractivity contribution in [3.63, 3.8) is 0 Å². The Kier molecular flexibility index (Phi) is 3.80. The second kappa shape index (κ2) is 5.32. The van der Waals surface area contributed by atoms with E-state index in [0.717, 1.165) is 31.7 Å². The molecule has 3 nitrogen and oxygen atoms in total. The number of nitrogens with one attached hydrogen (secondary N) is 1. The molecule has 1 atom stereocenters. The molecule has 16 heavy (non-hydrogen) atoms. The zero-order valence-electron chi connectivity index (χ0n) is 9.95. The van der Waals surface area contributed by atoms with Gasteiger partial charge < -0.3 is 16.0 Å². The first-order chi connectivity index (χ1) is 7.75. The molecule has 1 aromatic rings. The zero-order valence-corrected chi connectivity index (χ0v) is 9.95. The van der Waals surface area contributed by atoms with E-state index in [9.17, 15) is 0 Å². The molecule has 1 saturated heterocycles. The predicted octanol–water partition coefficient (Wildman–Crippen LogP) is 1.10. The standard InChI is InChI=1S/C13H21N3/c1-16-9-8-15-10-13(16)7-4-11-2-5-12(14)6-3-11/h2-3,5-6,13,15H,4,7-10,14H2,1H3. The third-order valence-corrected chi connectivity index (χ3v) is 3.39. The largest absolute Gasteiger partial charge is 0.399 e. The first-order valence-electron chi connectivity index (χ1n) is 6.01. The van der Waals surface area contributed by atoms with Crippen LogP contribution in [0.2, 0.25) is 0 Å². The van der Waals surface area contributed by atoms with Gasteiger partial charge in [-0.3, -0.25) is 0 Å².